The predicted molar refractivity (Wildman–Crippen MR) is 144 cm³/mol. The fraction of sp³-hybridized carbons (Fsp3) is 0.185. The second kappa shape index (κ2) is 9.24. The minimum atomic E-state index is -0.0865. The van der Waals surface area contributed by atoms with E-state index in [4.69, 9.17) is 17.0 Å². The van der Waals surface area contributed by atoms with E-state index in [2.05, 4.69) is 85.9 Å². The third-order valence-corrected chi connectivity index (χ3v) is 7.15. The Bertz CT molecular complexity index is 1340. The number of thiocarbonyl (C=S) groups is 1. The fourth-order valence-electron chi connectivity index (χ4n) is 4.78. The largest absolute Gasteiger partial charge is 0.497 e. The molecule has 34 heavy (non-hydrogen) atoms. The van der Waals surface area contributed by atoms with E-state index in [1.807, 2.05) is 42.6 Å². The zero-order chi connectivity index (χ0) is 23.8. The van der Waals surface area contributed by atoms with Crippen LogP contribution in [0.4, 0.5) is 5.69 Å². The molecule has 2 aromatic carbocycles. The van der Waals surface area contributed by atoms with Crippen LogP contribution in [0.2, 0.25) is 0 Å². The van der Waals surface area contributed by atoms with E-state index in [9.17, 15) is 0 Å². The molecule has 0 bridgehead atoms. The Labute approximate surface area is 213 Å². The molecule has 5 nitrogen and oxygen atoms in total. The molecule has 2 atom stereocenters. The molecule has 1 saturated heterocycles. The molecular formula is C27H25BrN4OS. The average Bonchev–Trinajstić information content (AvgIpc) is 3.35. The van der Waals surface area contributed by atoms with E-state index < -0.39 is 0 Å². The van der Waals surface area contributed by atoms with Gasteiger partial charge in [-0.25, -0.2) is 0 Å². The van der Waals surface area contributed by atoms with Crippen LogP contribution in [-0.4, -0.2) is 21.8 Å². The van der Waals surface area contributed by atoms with Crippen LogP contribution < -0.4 is 15.0 Å². The minimum absolute atomic E-state index is 0.0610. The zero-order valence-corrected chi connectivity index (χ0v) is 21.6. The molecule has 0 aliphatic carbocycles. The Morgan fingerprint density at radius 2 is 1.76 bits per heavy atom. The topological polar surface area (TPSA) is 42.3 Å². The Balaban J connectivity index is 1.67. The number of aryl methyl sites for hydroxylation is 1. The molecular weight excluding hydrogens is 508 g/mol. The maximum Gasteiger partial charge on any atom is 0.174 e. The lowest BCUT2D eigenvalue weighted by Crippen LogP contribution is -2.29. The van der Waals surface area contributed by atoms with Gasteiger partial charge in [0.2, 0.25) is 0 Å². The first-order valence-corrected chi connectivity index (χ1v) is 12.3. The summed E-state index contributed by atoms with van der Waals surface area (Å²) in [5.74, 6) is 0.832. The Morgan fingerprint density at radius 1 is 0.971 bits per heavy atom. The third-order valence-electron chi connectivity index (χ3n) is 6.30. The number of ether oxygens (including phenoxy) is 1. The van der Waals surface area contributed by atoms with Crippen LogP contribution in [0.1, 0.15) is 34.7 Å². The summed E-state index contributed by atoms with van der Waals surface area (Å²) < 4.78 is 8.78. The molecule has 172 valence electrons. The number of benzene rings is 2. The molecule has 0 saturated carbocycles. The molecule has 2 unspecified atom stereocenters. The molecule has 4 aromatic rings. The van der Waals surface area contributed by atoms with Gasteiger partial charge in [-0.1, -0.05) is 28.1 Å². The van der Waals surface area contributed by atoms with Crippen LogP contribution in [0.15, 0.2) is 83.5 Å². The molecule has 3 heterocycles. The summed E-state index contributed by atoms with van der Waals surface area (Å²) in [7, 11) is 1.69. The van der Waals surface area contributed by atoms with Gasteiger partial charge in [0.15, 0.2) is 5.11 Å². The van der Waals surface area contributed by atoms with Crippen LogP contribution in [0.25, 0.3) is 5.69 Å². The lowest BCUT2D eigenvalue weighted by molar-refractivity contribution is 0.414. The number of hydrogen-bond donors (Lipinski definition) is 1. The first kappa shape index (κ1) is 22.6. The molecule has 0 radical (unpaired) electrons. The van der Waals surface area contributed by atoms with Crippen molar-refractivity contribution in [3.8, 4) is 11.4 Å². The third kappa shape index (κ3) is 3.99. The summed E-state index contributed by atoms with van der Waals surface area (Å²) in [4.78, 5) is 6.88. The van der Waals surface area contributed by atoms with Crippen molar-refractivity contribution in [2.24, 2.45) is 0 Å². The highest BCUT2D eigenvalue weighted by Gasteiger charge is 2.42. The molecule has 0 amide bonds. The molecule has 1 fully saturated rings. The van der Waals surface area contributed by atoms with E-state index in [1.54, 1.807) is 7.11 Å². The van der Waals surface area contributed by atoms with Gasteiger partial charge in [-0.3, -0.25) is 4.98 Å². The monoisotopic (exact) mass is 532 g/mol. The fourth-order valence-corrected chi connectivity index (χ4v) is 5.39. The van der Waals surface area contributed by atoms with Gasteiger partial charge < -0.3 is 19.5 Å². The van der Waals surface area contributed by atoms with Gasteiger partial charge in [-0.05, 0) is 86.2 Å². The Hall–Kier alpha value is -3.16. The van der Waals surface area contributed by atoms with Gasteiger partial charge in [0.1, 0.15) is 5.75 Å². The van der Waals surface area contributed by atoms with Crippen molar-refractivity contribution in [1.29, 1.82) is 0 Å². The Morgan fingerprint density at radius 3 is 2.47 bits per heavy atom. The van der Waals surface area contributed by atoms with Crippen LogP contribution in [-0.2, 0) is 0 Å². The summed E-state index contributed by atoms with van der Waals surface area (Å²) >= 11 is 9.42. The van der Waals surface area contributed by atoms with E-state index >= 15 is 0 Å². The van der Waals surface area contributed by atoms with Gasteiger partial charge in [0.05, 0.1) is 24.9 Å². The summed E-state index contributed by atoms with van der Waals surface area (Å²) in [5.41, 5.74) is 6.57. The van der Waals surface area contributed by atoms with Crippen LogP contribution in [0.5, 0.6) is 5.75 Å². The molecule has 1 aliphatic rings. The number of halogens is 1. The van der Waals surface area contributed by atoms with Crippen molar-refractivity contribution in [3.63, 3.8) is 0 Å². The summed E-state index contributed by atoms with van der Waals surface area (Å²) in [6, 6.07) is 24.5. The summed E-state index contributed by atoms with van der Waals surface area (Å²) in [6.45, 7) is 4.30. The van der Waals surface area contributed by atoms with Crippen LogP contribution >= 0.6 is 28.1 Å². The van der Waals surface area contributed by atoms with Gasteiger partial charge in [-0.15, -0.1) is 0 Å². The van der Waals surface area contributed by atoms with Crippen molar-refractivity contribution < 1.29 is 4.74 Å². The minimum Gasteiger partial charge on any atom is -0.497 e. The van der Waals surface area contributed by atoms with Gasteiger partial charge in [0, 0.05) is 39.5 Å². The van der Waals surface area contributed by atoms with Crippen LogP contribution in [0.3, 0.4) is 0 Å². The predicted octanol–water partition coefficient (Wildman–Crippen LogP) is 6.44. The second-order valence-electron chi connectivity index (χ2n) is 8.34. The van der Waals surface area contributed by atoms with Crippen molar-refractivity contribution in [2.75, 3.05) is 12.0 Å². The number of rotatable bonds is 5. The summed E-state index contributed by atoms with van der Waals surface area (Å²) in [5, 5.41) is 4.24. The molecule has 2 aromatic heterocycles. The molecule has 1 N–H and O–H groups in total. The maximum atomic E-state index is 5.87. The van der Waals surface area contributed by atoms with Crippen molar-refractivity contribution in [3.05, 3.63) is 106 Å². The second-order valence-corrected chi connectivity index (χ2v) is 9.64. The molecule has 7 heteroatoms. The van der Waals surface area contributed by atoms with Crippen molar-refractivity contribution >= 4 is 38.9 Å². The number of methoxy groups -OCH3 is 1. The van der Waals surface area contributed by atoms with E-state index in [0.29, 0.717) is 5.11 Å². The number of anilines is 1. The highest BCUT2D eigenvalue weighted by Crippen LogP contribution is 2.44. The lowest BCUT2D eigenvalue weighted by Gasteiger charge is -2.28. The number of nitrogens with zero attached hydrogens (tertiary/aromatic N) is 3. The zero-order valence-electron chi connectivity index (χ0n) is 19.2. The van der Waals surface area contributed by atoms with Gasteiger partial charge >= 0.3 is 0 Å². The lowest BCUT2D eigenvalue weighted by atomic mass is 9.96. The highest BCUT2D eigenvalue weighted by molar-refractivity contribution is 9.10. The maximum absolute atomic E-state index is 5.87. The number of aromatic nitrogens is 2. The Kier molecular flexibility index (Phi) is 6.15. The first-order chi connectivity index (χ1) is 16.5. The highest BCUT2D eigenvalue weighted by atomic mass is 79.9. The number of hydrogen-bond acceptors (Lipinski definition) is 3. The molecule has 5 rings (SSSR count). The van der Waals surface area contributed by atoms with E-state index in [1.165, 1.54) is 5.56 Å². The number of nitrogens with one attached hydrogen (secondary N) is 1. The standard InChI is InChI=1S/C27H25BrN4OS/c1-17-15-23(18(2)31(17)21-7-6-8-22(16-21)33-3)26-25(24-9-4-5-14-29-24)30-27(34)32(26)20-12-10-19(28)11-13-20/h4-16,25-26H,1-3H3,(H,30,34). The molecule has 0 spiro atoms. The SMILES string of the molecule is COc1cccc(-n2c(C)cc(C3C(c4ccccn4)NC(=S)N3c3ccc(Br)cc3)c2C)c1. The quantitative estimate of drug-likeness (QED) is 0.299. The van der Waals surface area contributed by atoms with E-state index in [-0.39, 0.29) is 12.1 Å². The van der Waals surface area contributed by atoms with E-state index in [0.717, 1.165) is 38.7 Å². The normalized spacial score (nSPS) is 17.6. The number of pyridine rings is 1. The van der Waals surface area contributed by atoms with Gasteiger partial charge in [-0.2, -0.15) is 0 Å². The van der Waals surface area contributed by atoms with Crippen LogP contribution in [0, 0.1) is 13.8 Å². The smallest absolute Gasteiger partial charge is 0.174 e. The van der Waals surface area contributed by atoms with Crippen molar-refractivity contribution in [1.82, 2.24) is 14.9 Å². The first-order valence-electron chi connectivity index (χ1n) is 11.1. The molecule has 1 aliphatic heterocycles. The summed E-state index contributed by atoms with van der Waals surface area (Å²) in [6.07, 6.45) is 1.83. The van der Waals surface area contributed by atoms with Gasteiger partial charge in [0.25, 0.3) is 0 Å². The average molecular weight is 533 g/mol. The van der Waals surface area contributed by atoms with Crippen molar-refractivity contribution in [2.45, 2.75) is 25.9 Å².